The Bertz CT molecular complexity index is 1010. The van der Waals surface area contributed by atoms with Gasteiger partial charge in [-0.2, -0.15) is 15.0 Å². The molecule has 0 atom stereocenters. The summed E-state index contributed by atoms with van der Waals surface area (Å²) in [7, 11) is 1.65. The first-order valence-electron chi connectivity index (χ1n) is 10.2. The zero-order valence-corrected chi connectivity index (χ0v) is 18.2. The molecule has 0 unspecified atom stereocenters. The maximum atomic E-state index is 6.13. The lowest BCUT2D eigenvalue weighted by Gasteiger charge is -2.35. The fraction of sp³-hybridized carbons (Fsp3) is 0.318. The Kier molecular flexibility index (Phi) is 6.69. The molecule has 3 aromatic rings. The molecule has 1 saturated heterocycles. The number of nitrogens with two attached hydrogens (primary N) is 1. The van der Waals surface area contributed by atoms with Gasteiger partial charge in [0.1, 0.15) is 11.6 Å². The predicted octanol–water partition coefficient (Wildman–Crippen LogP) is 3.05. The van der Waals surface area contributed by atoms with Crippen molar-refractivity contribution in [1.82, 2.24) is 19.9 Å². The molecular formula is C22H26ClN7O. The van der Waals surface area contributed by atoms with E-state index in [9.17, 15) is 0 Å². The highest BCUT2D eigenvalue weighted by Gasteiger charge is 2.19. The van der Waals surface area contributed by atoms with E-state index in [0.29, 0.717) is 24.9 Å². The van der Waals surface area contributed by atoms with E-state index in [0.717, 1.165) is 48.2 Å². The number of nitrogens with zero attached hydrogens (tertiary/aromatic N) is 5. The summed E-state index contributed by atoms with van der Waals surface area (Å²) in [5.74, 6) is 2.20. The highest BCUT2D eigenvalue weighted by molar-refractivity contribution is 6.30. The zero-order chi connectivity index (χ0) is 21.6. The van der Waals surface area contributed by atoms with Crippen LogP contribution in [0.15, 0.2) is 48.5 Å². The lowest BCUT2D eigenvalue weighted by atomic mass is 10.2. The van der Waals surface area contributed by atoms with Gasteiger partial charge in [-0.1, -0.05) is 29.8 Å². The number of halogens is 1. The first-order valence-corrected chi connectivity index (χ1v) is 10.6. The summed E-state index contributed by atoms with van der Waals surface area (Å²) in [6, 6.07) is 15.8. The Morgan fingerprint density at radius 2 is 1.81 bits per heavy atom. The van der Waals surface area contributed by atoms with E-state index in [1.54, 1.807) is 7.11 Å². The summed E-state index contributed by atoms with van der Waals surface area (Å²) in [6.45, 7) is 4.88. The molecule has 3 N–H and O–H groups in total. The Hall–Kier alpha value is -3.10. The number of benzene rings is 2. The molecule has 8 nitrogen and oxygen atoms in total. The molecule has 2 aromatic carbocycles. The van der Waals surface area contributed by atoms with E-state index in [4.69, 9.17) is 22.1 Å². The van der Waals surface area contributed by atoms with Gasteiger partial charge < -0.3 is 20.7 Å². The normalized spacial score (nSPS) is 14.5. The second-order valence-corrected chi connectivity index (χ2v) is 7.81. The summed E-state index contributed by atoms with van der Waals surface area (Å²) in [6.07, 6.45) is 0. The molecule has 0 bridgehead atoms. The number of nitrogen functional groups attached to an aromatic ring is 1. The van der Waals surface area contributed by atoms with Crippen LogP contribution < -0.4 is 20.7 Å². The van der Waals surface area contributed by atoms with E-state index in [-0.39, 0.29) is 5.95 Å². The van der Waals surface area contributed by atoms with Crippen LogP contribution in [0.4, 0.5) is 17.6 Å². The van der Waals surface area contributed by atoms with Crippen molar-refractivity contribution in [3.05, 3.63) is 64.9 Å². The van der Waals surface area contributed by atoms with Crippen molar-refractivity contribution < 1.29 is 4.74 Å². The molecule has 4 rings (SSSR count). The van der Waals surface area contributed by atoms with Crippen molar-refractivity contribution in [2.45, 2.75) is 13.1 Å². The van der Waals surface area contributed by atoms with Gasteiger partial charge in [0.15, 0.2) is 0 Å². The van der Waals surface area contributed by atoms with Crippen molar-refractivity contribution in [1.29, 1.82) is 0 Å². The molecule has 9 heteroatoms. The van der Waals surface area contributed by atoms with E-state index >= 15 is 0 Å². The number of hydrogen-bond acceptors (Lipinski definition) is 8. The van der Waals surface area contributed by atoms with Crippen molar-refractivity contribution in [3.8, 4) is 5.75 Å². The first-order chi connectivity index (χ1) is 15.1. The average Bonchev–Trinajstić information content (AvgIpc) is 2.78. The largest absolute Gasteiger partial charge is 0.497 e. The smallest absolute Gasteiger partial charge is 0.228 e. The van der Waals surface area contributed by atoms with E-state index in [1.807, 2.05) is 42.5 Å². The third kappa shape index (κ3) is 5.74. The van der Waals surface area contributed by atoms with Gasteiger partial charge in [-0.25, -0.2) is 0 Å². The van der Waals surface area contributed by atoms with Crippen molar-refractivity contribution in [3.63, 3.8) is 0 Å². The average molecular weight is 440 g/mol. The minimum atomic E-state index is 0.222. The molecule has 0 radical (unpaired) electrons. The fourth-order valence-corrected chi connectivity index (χ4v) is 3.73. The highest BCUT2D eigenvalue weighted by atomic mass is 35.5. The lowest BCUT2D eigenvalue weighted by Crippen LogP contribution is -2.46. The summed E-state index contributed by atoms with van der Waals surface area (Å²) in [4.78, 5) is 17.8. The summed E-state index contributed by atoms with van der Waals surface area (Å²) >= 11 is 6.13. The second kappa shape index (κ2) is 9.80. The number of methoxy groups -OCH3 is 1. The first kappa shape index (κ1) is 21.1. The van der Waals surface area contributed by atoms with Crippen LogP contribution in [-0.4, -0.2) is 53.1 Å². The molecule has 2 heterocycles. The molecule has 1 aliphatic heterocycles. The maximum absolute atomic E-state index is 6.13. The SMILES string of the molecule is COc1ccc(CNc2nc(N)nc(CN3CCN(c4cccc(Cl)c4)CC3)n2)cc1. The fourth-order valence-electron chi connectivity index (χ4n) is 3.55. The summed E-state index contributed by atoms with van der Waals surface area (Å²) in [5.41, 5.74) is 8.18. The lowest BCUT2D eigenvalue weighted by molar-refractivity contribution is 0.244. The van der Waals surface area contributed by atoms with E-state index < -0.39 is 0 Å². The third-order valence-corrected chi connectivity index (χ3v) is 5.45. The predicted molar refractivity (Wildman–Crippen MR) is 124 cm³/mol. The van der Waals surface area contributed by atoms with Gasteiger partial charge in [0, 0.05) is 43.4 Å². The van der Waals surface area contributed by atoms with Crippen LogP contribution >= 0.6 is 11.6 Å². The van der Waals surface area contributed by atoms with Crippen molar-refractivity contribution in [2.75, 3.05) is 49.2 Å². The number of aromatic nitrogens is 3. The minimum absolute atomic E-state index is 0.222. The molecule has 0 spiro atoms. The van der Waals surface area contributed by atoms with Gasteiger partial charge in [0.25, 0.3) is 0 Å². The van der Waals surface area contributed by atoms with Crippen molar-refractivity contribution >= 4 is 29.2 Å². The second-order valence-electron chi connectivity index (χ2n) is 7.38. The highest BCUT2D eigenvalue weighted by Crippen LogP contribution is 2.21. The number of ether oxygens (including phenoxy) is 1. The van der Waals surface area contributed by atoms with Crippen molar-refractivity contribution in [2.24, 2.45) is 0 Å². The molecule has 1 aromatic heterocycles. The van der Waals surface area contributed by atoms with Crippen LogP contribution in [0.25, 0.3) is 0 Å². The number of anilines is 3. The van der Waals surface area contributed by atoms with Gasteiger partial charge in [0.2, 0.25) is 11.9 Å². The summed E-state index contributed by atoms with van der Waals surface area (Å²) in [5, 5.41) is 3.99. The molecule has 1 aliphatic rings. The number of rotatable bonds is 7. The van der Waals surface area contributed by atoms with Gasteiger partial charge in [0.05, 0.1) is 13.7 Å². The molecule has 0 amide bonds. The van der Waals surface area contributed by atoms with Gasteiger partial charge in [-0.15, -0.1) is 0 Å². The van der Waals surface area contributed by atoms with Crippen LogP contribution in [0.5, 0.6) is 5.75 Å². The van der Waals surface area contributed by atoms with E-state index in [2.05, 4.69) is 36.1 Å². The number of hydrogen-bond donors (Lipinski definition) is 2. The van der Waals surface area contributed by atoms with Crippen LogP contribution in [0, 0.1) is 0 Å². The quantitative estimate of drug-likeness (QED) is 0.580. The van der Waals surface area contributed by atoms with Crippen LogP contribution in [0.3, 0.4) is 0 Å². The number of nitrogens with one attached hydrogen (secondary N) is 1. The van der Waals surface area contributed by atoms with Gasteiger partial charge in [-0.05, 0) is 35.9 Å². The summed E-state index contributed by atoms with van der Waals surface area (Å²) < 4.78 is 5.19. The van der Waals surface area contributed by atoms with Crippen LogP contribution in [-0.2, 0) is 13.1 Å². The van der Waals surface area contributed by atoms with Gasteiger partial charge in [-0.3, -0.25) is 4.90 Å². The molecule has 0 aliphatic carbocycles. The third-order valence-electron chi connectivity index (χ3n) is 5.22. The van der Waals surface area contributed by atoms with Gasteiger partial charge >= 0.3 is 0 Å². The number of piperazine rings is 1. The monoisotopic (exact) mass is 439 g/mol. The van der Waals surface area contributed by atoms with Crippen LogP contribution in [0.1, 0.15) is 11.4 Å². The molecule has 31 heavy (non-hydrogen) atoms. The molecule has 1 fully saturated rings. The molecular weight excluding hydrogens is 414 g/mol. The maximum Gasteiger partial charge on any atom is 0.228 e. The Balaban J connectivity index is 1.33. The van der Waals surface area contributed by atoms with E-state index in [1.165, 1.54) is 0 Å². The zero-order valence-electron chi connectivity index (χ0n) is 17.5. The Morgan fingerprint density at radius 1 is 1.03 bits per heavy atom. The Morgan fingerprint density at radius 3 is 2.52 bits per heavy atom. The minimum Gasteiger partial charge on any atom is -0.497 e. The molecule has 0 saturated carbocycles. The topological polar surface area (TPSA) is 92.4 Å². The van der Waals surface area contributed by atoms with Crippen LogP contribution in [0.2, 0.25) is 5.02 Å². The standard InChI is InChI=1S/C22H26ClN7O/c1-31-19-7-5-16(6-8-19)14-25-22-27-20(26-21(24)28-22)15-29-9-11-30(12-10-29)18-4-2-3-17(23)13-18/h2-8,13H,9-12,14-15H2,1H3,(H3,24,25,26,27,28). The Labute approximate surface area is 187 Å². The molecule has 162 valence electrons.